The molecule has 0 bridgehead atoms. The summed E-state index contributed by atoms with van der Waals surface area (Å²) in [5.41, 5.74) is -0.188. The van der Waals surface area contributed by atoms with Crippen LogP contribution in [0.25, 0.3) is 0 Å². The summed E-state index contributed by atoms with van der Waals surface area (Å²) in [6.45, 7) is -0.293. The molecule has 3 N–H and O–H groups in total. The summed E-state index contributed by atoms with van der Waals surface area (Å²) < 4.78 is 4.87. The Balaban J connectivity index is 1.89. The lowest BCUT2D eigenvalue weighted by atomic mass is 10.3. The molecule has 0 saturated carbocycles. The van der Waals surface area contributed by atoms with Crippen molar-refractivity contribution in [1.82, 2.24) is 10.3 Å². The SMILES string of the molecule is O=C(CNC(=O)c1ccco1)Nc1cccc(C(=O)O)n1. The number of pyridine rings is 1. The lowest BCUT2D eigenvalue weighted by molar-refractivity contribution is -0.115. The van der Waals surface area contributed by atoms with Crippen LogP contribution in [0.5, 0.6) is 0 Å². The fraction of sp³-hybridized carbons (Fsp3) is 0.0769. The Morgan fingerprint density at radius 3 is 2.67 bits per heavy atom. The highest BCUT2D eigenvalue weighted by atomic mass is 16.4. The van der Waals surface area contributed by atoms with Crippen molar-refractivity contribution in [3.8, 4) is 0 Å². The van der Waals surface area contributed by atoms with E-state index in [1.807, 2.05) is 0 Å². The molecular weight excluding hydrogens is 278 g/mol. The second-order valence-electron chi connectivity index (χ2n) is 3.92. The number of aromatic carboxylic acids is 1. The maximum atomic E-state index is 11.6. The first-order chi connectivity index (χ1) is 10.1. The molecule has 8 heteroatoms. The van der Waals surface area contributed by atoms with E-state index in [0.29, 0.717) is 0 Å². The summed E-state index contributed by atoms with van der Waals surface area (Å²) in [4.78, 5) is 37.6. The minimum absolute atomic E-state index is 0.0900. The van der Waals surface area contributed by atoms with Crippen molar-refractivity contribution in [2.24, 2.45) is 0 Å². The third-order valence-electron chi connectivity index (χ3n) is 2.39. The molecule has 21 heavy (non-hydrogen) atoms. The maximum absolute atomic E-state index is 11.6. The van der Waals surface area contributed by atoms with Crippen LogP contribution >= 0.6 is 0 Å². The number of aromatic nitrogens is 1. The highest BCUT2D eigenvalue weighted by Crippen LogP contribution is 2.04. The Kier molecular flexibility index (Phi) is 4.30. The van der Waals surface area contributed by atoms with E-state index >= 15 is 0 Å². The van der Waals surface area contributed by atoms with Crippen molar-refractivity contribution >= 4 is 23.6 Å². The first-order valence-electron chi connectivity index (χ1n) is 5.88. The van der Waals surface area contributed by atoms with E-state index in [4.69, 9.17) is 9.52 Å². The second kappa shape index (κ2) is 6.33. The Labute approximate surface area is 118 Å². The van der Waals surface area contributed by atoms with Gasteiger partial charge in [-0.05, 0) is 24.3 Å². The van der Waals surface area contributed by atoms with Crippen LogP contribution in [0, 0.1) is 0 Å². The number of carboxylic acids is 1. The molecule has 2 heterocycles. The molecule has 0 aliphatic carbocycles. The van der Waals surface area contributed by atoms with E-state index in [0.717, 1.165) is 0 Å². The van der Waals surface area contributed by atoms with Gasteiger partial charge in [0.25, 0.3) is 5.91 Å². The quantitative estimate of drug-likeness (QED) is 0.746. The first kappa shape index (κ1) is 14.3. The lowest BCUT2D eigenvalue weighted by Gasteiger charge is -2.05. The average molecular weight is 289 g/mol. The summed E-state index contributed by atoms with van der Waals surface area (Å²) in [5, 5.41) is 13.5. The van der Waals surface area contributed by atoms with Gasteiger partial charge >= 0.3 is 5.97 Å². The van der Waals surface area contributed by atoms with Crippen molar-refractivity contribution in [1.29, 1.82) is 0 Å². The largest absolute Gasteiger partial charge is 0.477 e. The highest BCUT2D eigenvalue weighted by molar-refractivity contribution is 5.97. The van der Waals surface area contributed by atoms with Crippen LogP contribution in [0.4, 0.5) is 5.82 Å². The predicted octanol–water partition coefficient (Wildman–Crippen LogP) is 0.741. The number of carbonyl (C=O) groups excluding carboxylic acids is 2. The minimum Gasteiger partial charge on any atom is -0.477 e. The number of rotatable bonds is 5. The zero-order valence-electron chi connectivity index (χ0n) is 10.7. The van der Waals surface area contributed by atoms with E-state index < -0.39 is 17.8 Å². The van der Waals surface area contributed by atoms with Crippen molar-refractivity contribution in [3.63, 3.8) is 0 Å². The fourth-order valence-electron chi connectivity index (χ4n) is 1.47. The molecule has 0 unspecified atom stereocenters. The van der Waals surface area contributed by atoms with Crippen LogP contribution in [0.15, 0.2) is 41.0 Å². The smallest absolute Gasteiger partial charge is 0.354 e. The zero-order chi connectivity index (χ0) is 15.2. The number of hydrogen-bond donors (Lipinski definition) is 3. The second-order valence-corrected chi connectivity index (χ2v) is 3.92. The topological polar surface area (TPSA) is 122 Å². The number of hydrogen-bond acceptors (Lipinski definition) is 5. The lowest BCUT2D eigenvalue weighted by Crippen LogP contribution is -2.32. The number of carbonyl (C=O) groups is 3. The van der Waals surface area contributed by atoms with Crippen molar-refractivity contribution in [2.75, 3.05) is 11.9 Å². The summed E-state index contributed by atoms with van der Waals surface area (Å²) in [7, 11) is 0. The number of nitrogens with one attached hydrogen (secondary N) is 2. The average Bonchev–Trinajstić information content (AvgIpc) is 2.99. The van der Waals surface area contributed by atoms with Gasteiger partial charge in [-0.15, -0.1) is 0 Å². The Morgan fingerprint density at radius 1 is 1.19 bits per heavy atom. The molecule has 2 aromatic heterocycles. The van der Waals surface area contributed by atoms with E-state index in [-0.39, 0.29) is 23.8 Å². The Morgan fingerprint density at radius 2 is 2.00 bits per heavy atom. The van der Waals surface area contributed by atoms with Gasteiger partial charge < -0.3 is 20.2 Å². The molecule has 0 aromatic carbocycles. The van der Waals surface area contributed by atoms with Crippen LogP contribution < -0.4 is 10.6 Å². The summed E-state index contributed by atoms with van der Waals surface area (Å²) in [6.07, 6.45) is 1.34. The summed E-state index contributed by atoms with van der Waals surface area (Å²) in [5.74, 6) is -2.08. The van der Waals surface area contributed by atoms with Gasteiger partial charge in [-0.1, -0.05) is 6.07 Å². The van der Waals surface area contributed by atoms with Crippen molar-refractivity contribution < 1.29 is 23.9 Å². The van der Waals surface area contributed by atoms with E-state index in [2.05, 4.69) is 15.6 Å². The molecule has 0 saturated heterocycles. The van der Waals surface area contributed by atoms with Gasteiger partial charge in [0, 0.05) is 0 Å². The van der Waals surface area contributed by atoms with Gasteiger partial charge in [0.2, 0.25) is 5.91 Å². The molecule has 2 rings (SSSR count). The molecule has 0 aliphatic rings. The van der Waals surface area contributed by atoms with Gasteiger partial charge in [-0.25, -0.2) is 9.78 Å². The molecule has 8 nitrogen and oxygen atoms in total. The van der Waals surface area contributed by atoms with Crippen LogP contribution in [0.1, 0.15) is 21.0 Å². The number of nitrogens with zero attached hydrogens (tertiary/aromatic N) is 1. The Hall–Kier alpha value is -3.16. The molecule has 0 spiro atoms. The highest BCUT2D eigenvalue weighted by Gasteiger charge is 2.11. The molecule has 2 amide bonds. The minimum atomic E-state index is -1.20. The van der Waals surface area contributed by atoms with Crippen LogP contribution in [0.2, 0.25) is 0 Å². The molecular formula is C13H11N3O5. The van der Waals surface area contributed by atoms with Crippen LogP contribution in [-0.4, -0.2) is 34.4 Å². The van der Waals surface area contributed by atoms with E-state index in [1.165, 1.54) is 30.5 Å². The summed E-state index contributed by atoms with van der Waals surface area (Å²) >= 11 is 0. The van der Waals surface area contributed by atoms with E-state index in [1.54, 1.807) is 6.07 Å². The molecule has 0 radical (unpaired) electrons. The Bertz CT molecular complexity index is 666. The third-order valence-corrected chi connectivity index (χ3v) is 2.39. The number of carboxylic acid groups (broad SMARTS) is 1. The van der Waals surface area contributed by atoms with Crippen LogP contribution in [0.3, 0.4) is 0 Å². The first-order valence-corrected chi connectivity index (χ1v) is 5.88. The third kappa shape index (κ3) is 3.90. The predicted molar refractivity (Wildman–Crippen MR) is 70.9 cm³/mol. The van der Waals surface area contributed by atoms with E-state index in [9.17, 15) is 14.4 Å². The van der Waals surface area contributed by atoms with Crippen molar-refractivity contribution in [3.05, 3.63) is 48.0 Å². The van der Waals surface area contributed by atoms with Gasteiger partial charge in [-0.3, -0.25) is 9.59 Å². The van der Waals surface area contributed by atoms with Gasteiger partial charge in [-0.2, -0.15) is 0 Å². The monoisotopic (exact) mass is 289 g/mol. The number of anilines is 1. The van der Waals surface area contributed by atoms with Gasteiger partial charge in [0.15, 0.2) is 11.5 Å². The molecule has 2 aromatic rings. The molecule has 0 fully saturated rings. The number of furan rings is 1. The maximum Gasteiger partial charge on any atom is 0.354 e. The van der Waals surface area contributed by atoms with Crippen LogP contribution in [-0.2, 0) is 4.79 Å². The standard InChI is InChI=1S/C13H11N3O5/c17-11(7-14-12(18)9-4-2-6-21-9)16-10-5-1-3-8(15-10)13(19)20/h1-6H,7H2,(H,14,18)(H,19,20)(H,15,16,17). The van der Waals surface area contributed by atoms with Gasteiger partial charge in [0.1, 0.15) is 5.82 Å². The summed E-state index contributed by atoms with van der Waals surface area (Å²) in [6, 6.07) is 7.21. The normalized spacial score (nSPS) is 9.90. The zero-order valence-corrected chi connectivity index (χ0v) is 10.7. The number of amides is 2. The molecule has 0 atom stereocenters. The fourth-order valence-corrected chi connectivity index (χ4v) is 1.47. The van der Waals surface area contributed by atoms with Crippen molar-refractivity contribution in [2.45, 2.75) is 0 Å². The molecule has 108 valence electrons. The van der Waals surface area contributed by atoms with Gasteiger partial charge in [0.05, 0.1) is 12.8 Å². The molecule has 0 aliphatic heterocycles.